The second kappa shape index (κ2) is 10.3. The third-order valence-corrected chi connectivity index (χ3v) is 6.55. The fourth-order valence-electron chi connectivity index (χ4n) is 3.66. The Labute approximate surface area is 195 Å². The number of non-ortho nitro benzene ring substituents is 1. The monoisotopic (exact) mass is 468 g/mol. The van der Waals surface area contributed by atoms with Crippen molar-refractivity contribution < 1.29 is 19.2 Å². The van der Waals surface area contributed by atoms with E-state index in [9.17, 15) is 25.0 Å². The number of hydrogen-bond donors (Lipinski definition) is 1. The molecular formula is C23H24N4O5S. The highest BCUT2D eigenvalue weighted by Crippen LogP contribution is 2.34. The number of carbonyl (C=O) groups excluding carboxylic acids is 2. The first-order valence-corrected chi connectivity index (χ1v) is 11.3. The molecule has 1 aliphatic heterocycles. The van der Waals surface area contributed by atoms with Crippen LogP contribution < -0.4 is 10.2 Å². The van der Waals surface area contributed by atoms with Crippen molar-refractivity contribution in [3.8, 4) is 6.07 Å². The van der Waals surface area contributed by atoms with Gasteiger partial charge in [0.1, 0.15) is 16.6 Å². The van der Waals surface area contributed by atoms with Gasteiger partial charge in [-0.25, -0.2) is 4.79 Å². The molecule has 1 aromatic heterocycles. The van der Waals surface area contributed by atoms with Gasteiger partial charge >= 0.3 is 5.97 Å². The van der Waals surface area contributed by atoms with Crippen LogP contribution in [0.4, 0.5) is 16.4 Å². The Morgan fingerprint density at radius 2 is 2.03 bits per heavy atom. The molecule has 10 heteroatoms. The molecule has 2 aromatic rings. The Kier molecular flexibility index (Phi) is 7.45. The molecule has 0 aliphatic carbocycles. The van der Waals surface area contributed by atoms with Gasteiger partial charge in [-0.3, -0.25) is 14.9 Å². The van der Waals surface area contributed by atoms with E-state index in [1.807, 2.05) is 13.0 Å². The van der Waals surface area contributed by atoms with Gasteiger partial charge in [0.25, 0.3) is 11.6 Å². The number of hydrogen-bond acceptors (Lipinski definition) is 8. The molecule has 172 valence electrons. The maximum Gasteiger partial charge on any atom is 0.341 e. The number of benzene rings is 1. The van der Waals surface area contributed by atoms with Crippen LogP contribution in [0.15, 0.2) is 23.8 Å². The summed E-state index contributed by atoms with van der Waals surface area (Å²) in [7, 11) is 0. The summed E-state index contributed by atoms with van der Waals surface area (Å²) in [5.74, 6) is -1.25. The number of ether oxygens (including phenoxy) is 1. The topological polar surface area (TPSA) is 126 Å². The Morgan fingerprint density at radius 3 is 2.64 bits per heavy atom. The minimum atomic E-state index is -0.705. The first-order valence-electron chi connectivity index (χ1n) is 10.5. The third-order valence-electron chi connectivity index (χ3n) is 5.43. The zero-order valence-electron chi connectivity index (χ0n) is 18.6. The van der Waals surface area contributed by atoms with Crippen LogP contribution in [0, 0.1) is 35.3 Å². The number of esters is 1. The summed E-state index contributed by atoms with van der Waals surface area (Å²) in [6.07, 6.45) is 3.35. The first kappa shape index (κ1) is 23.9. The number of nitrogens with zero attached hydrogens (tertiary/aromatic N) is 3. The standard InChI is InChI=1S/C23H24N4O5S/c1-4-32-23(29)20-14(2)15(3)33-22(20)25-21(28)17(13-24)11-16-12-18(27(30)31)7-8-19(16)26-9-5-6-10-26/h7-8,11-12H,4-6,9-10H2,1-3H3,(H,25,28)/b17-11-. The van der Waals surface area contributed by atoms with Gasteiger partial charge in [-0.05, 0) is 51.3 Å². The molecular weight excluding hydrogens is 444 g/mol. The highest BCUT2D eigenvalue weighted by atomic mass is 32.1. The summed E-state index contributed by atoms with van der Waals surface area (Å²) in [5.41, 5.74) is 1.76. The van der Waals surface area contributed by atoms with E-state index in [1.54, 1.807) is 19.9 Å². The van der Waals surface area contributed by atoms with Crippen molar-refractivity contribution in [2.75, 3.05) is 29.9 Å². The number of nitrogens with one attached hydrogen (secondary N) is 1. The maximum atomic E-state index is 13.0. The molecule has 1 aliphatic rings. The summed E-state index contributed by atoms with van der Waals surface area (Å²) < 4.78 is 5.10. The van der Waals surface area contributed by atoms with Crippen molar-refractivity contribution in [3.63, 3.8) is 0 Å². The SMILES string of the molecule is CCOC(=O)c1c(NC(=O)/C(C#N)=C\c2cc([N+](=O)[O-])ccc2N2CCCC2)sc(C)c1C. The van der Waals surface area contributed by atoms with Gasteiger partial charge in [0.15, 0.2) is 0 Å². The number of rotatable bonds is 7. The van der Waals surface area contributed by atoms with Crippen molar-refractivity contribution in [1.29, 1.82) is 5.26 Å². The zero-order valence-corrected chi connectivity index (χ0v) is 19.5. The van der Waals surface area contributed by atoms with Crippen molar-refractivity contribution in [3.05, 3.63) is 55.5 Å². The van der Waals surface area contributed by atoms with Gasteiger partial charge in [-0.1, -0.05) is 0 Å². The third kappa shape index (κ3) is 5.21. The molecule has 1 fully saturated rings. The molecule has 0 atom stereocenters. The van der Waals surface area contributed by atoms with E-state index in [-0.39, 0.29) is 23.4 Å². The van der Waals surface area contributed by atoms with E-state index in [2.05, 4.69) is 10.2 Å². The smallest absolute Gasteiger partial charge is 0.341 e. The first-order chi connectivity index (χ1) is 15.8. The van der Waals surface area contributed by atoms with Crippen LogP contribution >= 0.6 is 11.3 Å². The number of aryl methyl sites for hydroxylation is 1. The number of nitriles is 1. The Bertz CT molecular complexity index is 1170. The molecule has 1 amide bonds. The van der Waals surface area contributed by atoms with Crippen LogP contribution in [0.3, 0.4) is 0 Å². The van der Waals surface area contributed by atoms with E-state index in [4.69, 9.17) is 4.74 Å². The number of nitro benzene ring substituents is 1. The fraction of sp³-hybridized carbons (Fsp3) is 0.348. The molecule has 0 bridgehead atoms. The van der Waals surface area contributed by atoms with Crippen LogP contribution in [-0.4, -0.2) is 36.5 Å². The van der Waals surface area contributed by atoms with Crippen LogP contribution in [-0.2, 0) is 9.53 Å². The molecule has 1 N–H and O–H groups in total. The van der Waals surface area contributed by atoms with Crippen LogP contribution in [0.1, 0.15) is 46.1 Å². The van der Waals surface area contributed by atoms with Crippen LogP contribution in [0.25, 0.3) is 6.08 Å². The maximum absolute atomic E-state index is 13.0. The lowest BCUT2D eigenvalue weighted by atomic mass is 10.1. The summed E-state index contributed by atoms with van der Waals surface area (Å²) >= 11 is 1.22. The van der Waals surface area contributed by atoms with Crippen molar-refractivity contribution in [1.82, 2.24) is 0 Å². The minimum absolute atomic E-state index is 0.129. The average Bonchev–Trinajstić information content (AvgIpc) is 3.40. The molecule has 0 unspecified atom stereocenters. The Balaban J connectivity index is 1.98. The summed E-state index contributed by atoms with van der Waals surface area (Å²) in [6.45, 7) is 7.06. The van der Waals surface area contributed by atoms with Gasteiger partial charge < -0.3 is 15.0 Å². The largest absolute Gasteiger partial charge is 0.462 e. The lowest BCUT2D eigenvalue weighted by Crippen LogP contribution is -2.19. The summed E-state index contributed by atoms with van der Waals surface area (Å²) in [5, 5.41) is 23.9. The zero-order chi connectivity index (χ0) is 24.1. The van der Waals surface area contributed by atoms with Crippen molar-refractivity contribution in [2.45, 2.75) is 33.6 Å². The summed E-state index contributed by atoms with van der Waals surface area (Å²) in [6, 6.07) is 6.31. The highest BCUT2D eigenvalue weighted by Gasteiger charge is 2.24. The Hall–Kier alpha value is -3.71. The molecule has 9 nitrogen and oxygen atoms in total. The minimum Gasteiger partial charge on any atom is -0.462 e. The lowest BCUT2D eigenvalue weighted by molar-refractivity contribution is -0.384. The fourth-order valence-corrected chi connectivity index (χ4v) is 4.70. The van der Waals surface area contributed by atoms with E-state index in [0.29, 0.717) is 16.1 Å². The van der Waals surface area contributed by atoms with Crippen molar-refractivity contribution in [2.24, 2.45) is 0 Å². The van der Waals surface area contributed by atoms with Crippen molar-refractivity contribution >= 4 is 45.7 Å². The van der Waals surface area contributed by atoms with Gasteiger partial charge in [0.05, 0.1) is 17.1 Å². The number of thiophene rings is 1. The predicted octanol–water partition coefficient (Wildman–Crippen LogP) is 4.60. The molecule has 0 radical (unpaired) electrons. The number of amides is 1. The second-order valence-electron chi connectivity index (χ2n) is 7.53. The number of anilines is 2. The van der Waals surface area contributed by atoms with Gasteiger partial charge in [0, 0.05) is 41.4 Å². The van der Waals surface area contributed by atoms with Crippen LogP contribution in [0.2, 0.25) is 0 Å². The van der Waals surface area contributed by atoms with E-state index in [0.717, 1.165) is 36.5 Å². The Morgan fingerprint density at radius 1 is 1.33 bits per heavy atom. The van der Waals surface area contributed by atoms with E-state index in [1.165, 1.54) is 29.5 Å². The molecule has 0 spiro atoms. The predicted molar refractivity (Wildman–Crippen MR) is 127 cm³/mol. The second-order valence-corrected chi connectivity index (χ2v) is 8.75. The van der Waals surface area contributed by atoms with Gasteiger partial charge in [-0.15, -0.1) is 11.3 Å². The molecule has 33 heavy (non-hydrogen) atoms. The van der Waals surface area contributed by atoms with Gasteiger partial charge in [-0.2, -0.15) is 5.26 Å². The van der Waals surface area contributed by atoms with Gasteiger partial charge in [0.2, 0.25) is 0 Å². The molecule has 1 saturated heterocycles. The normalized spacial score (nSPS) is 13.5. The molecule has 3 rings (SSSR count). The highest BCUT2D eigenvalue weighted by molar-refractivity contribution is 7.16. The van der Waals surface area contributed by atoms with Crippen LogP contribution in [0.5, 0.6) is 0 Å². The molecule has 0 saturated carbocycles. The lowest BCUT2D eigenvalue weighted by Gasteiger charge is -2.20. The summed E-state index contributed by atoms with van der Waals surface area (Å²) in [4.78, 5) is 39.0. The quantitative estimate of drug-likeness (QED) is 0.207. The molecule has 2 heterocycles. The van der Waals surface area contributed by atoms with E-state index < -0.39 is 16.8 Å². The number of nitro groups is 1. The number of carbonyl (C=O) groups is 2. The molecule has 1 aromatic carbocycles. The van der Waals surface area contributed by atoms with E-state index >= 15 is 0 Å². The average molecular weight is 469 g/mol.